The van der Waals surface area contributed by atoms with E-state index < -0.39 is 36.0 Å². The van der Waals surface area contributed by atoms with E-state index >= 15 is 0 Å². The molecule has 0 aliphatic rings. The van der Waals surface area contributed by atoms with E-state index in [0.717, 1.165) is 0 Å². The summed E-state index contributed by atoms with van der Waals surface area (Å²) in [4.78, 5) is 28.1. The number of imidazole rings is 1. The second kappa shape index (κ2) is 10.4. The van der Waals surface area contributed by atoms with Gasteiger partial charge in [-0.2, -0.15) is 14.0 Å². The Balaban J connectivity index is 1.95. The molecule has 0 saturated heterocycles. The van der Waals surface area contributed by atoms with Crippen LogP contribution in [0.1, 0.15) is 18.9 Å². The Kier molecular flexibility index (Phi) is 7.84. The van der Waals surface area contributed by atoms with Crippen molar-refractivity contribution in [1.82, 2.24) is 9.55 Å². The summed E-state index contributed by atoms with van der Waals surface area (Å²) < 4.78 is 36.2. The number of alkyl halides is 2. The number of aromatic nitrogens is 2. The highest BCUT2D eigenvalue weighted by molar-refractivity contribution is 9.10. The van der Waals surface area contributed by atoms with Crippen LogP contribution in [0.4, 0.5) is 8.78 Å². The molecule has 1 atom stereocenters. The number of ketones is 1. The molecule has 0 fully saturated rings. The first-order chi connectivity index (χ1) is 15.7. The van der Waals surface area contributed by atoms with Crippen molar-refractivity contribution < 1.29 is 28.2 Å². The van der Waals surface area contributed by atoms with Crippen molar-refractivity contribution in [2.45, 2.75) is 23.8 Å². The molecule has 172 valence electrons. The van der Waals surface area contributed by atoms with Gasteiger partial charge >= 0.3 is 11.2 Å². The second-order valence-electron chi connectivity index (χ2n) is 6.87. The summed E-state index contributed by atoms with van der Waals surface area (Å²) in [6.45, 7) is 0.741. The van der Waals surface area contributed by atoms with Crippen LogP contribution >= 0.6 is 27.7 Å². The molecular weight excluding hydrogens is 520 g/mol. The lowest BCUT2D eigenvalue weighted by Crippen LogP contribution is -2.32. The number of esters is 1. The van der Waals surface area contributed by atoms with Crippen LogP contribution in [0.2, 0.25) is 0 Å². The van der Waals surface area contributed by atoms with Crippen LogP contribution in [0.5, 0.6) is 0 Å². The lowest BCUT2D eigenvalue weighted by molar-refractivity contribution is -0.152. The largest absolute Gasteiger partial charge is 0.466 e. The number of aliphatic hydroxyl groups excluding tert-OH is 1. The number of Topliss-reactive ketones (excluding diaryl/α,β-unsaturated/α-hetero) is 1. The Hall–Kier alpha value is -2.81. The Labute approximate surface area is 200 Å². The molecule has 1 aromatic heterocycles. The van der Waals surface area contributed by atoms with Gasteiger partial charge < -0.3 is 9.84 Å². The number of hydrogen-bond donors (Lipinski definition) is 1. The lowest BCUT2D eigenvalue weighted by Gasteiger charge is -2.19. The maximum Gasteiger partial charge on any atom is 0.358 e. The summed E-state index contributed by atoms with van der Waals surface area (Å²) in [7, 11) is 0. The summed E-state index contributed by atoms with van der Waals surface area (Å²) in [6, 6.07) is 12.3. The molecule has 0 bridgehead atoms. The van der Waals surface area contributed by atoms with Gasteiger partial charge in [-0.1, -0.05) is 24.3 Å². The van der Waals surface area contributed by atoms with Gasteiger partial charge in [-0.05, 0) is 46.7 Å². The van der Waals surface area contributed by atoms with Crippen LogP contribution in [-0.2, 0) is 14.3 Å². The Morgan fingerprint density at radius 3 is 2.64 bits per heavy atom. The highest BCUT2D eigenvalue weighted by Crippen LogP contribution is 2.40. The van der Waals surface area contributed by atoms with Gasteiger partial charge in [-0.25, -0.2) is 4.98 Å². The number of nitrogens with zero attached hydrogens (tertiary/aromatic N) is 3. The second-order valence-corrected chi connectivity index (χ2v) is 8.76. The normalized spacial score (nSPS) is 12.4. The predicted octanol–water partition coefficient (Wildman–Crippen LogP) is 4.48. The van der Waals surface area contributed by atoms with Gasteiger partial charge in [-0.15, -0.1) is 0 Å². The summed E-state index contributed by atoms with van der Waals surface area (Å²) in [5, 5.41) is 15.9. The first kappa shape index (κ1) is 24.8. The van der Waals surface area contributed by atoms with Crippen molar-refractivity contribution in [3.63, 3.8) is 0 Å². The summed E-state index contributed by atoms with van der Waals surface area (Å²) >= 11 is 3.24. The third kappa shape index (κ3) is 5.24. The molecule has 1 unspecified atom stereocenters. The van der Waals surface area contributed by atoms with Crippen molar-refractivity contribution in [3.05, 3.63) is 52.8 Å². The first-order valence-corrected chi connectivity index (χ1v) is 11.4. The number of rotatable bonds is 9. The molecule has 2 aromatic carbocycles. The molecule has 0 amide bonds. The molecule has 0 aliphatic carbocycles. The molecule has 0 saturated carbocycles. The molecule has 3 rings (SSSR count). The Morgan fingerprint density at radius 1 is 1.30 bits per heavy atom. The number of halogens is 3. The third-order valence-electron chi connectivity index (χ3n) is 4.77. The summed E-state index contributed by atoms with van der Waals surface area (Å²) in [5.41, 5.74) is 0.911. The number of ether oxygens (including phenoxy) is 1. The van der Waals surface area contributed by atoms with Crippen molar-refractivity contribution >= 4 is 50.2 Å². The van der Waals surface area contributed by atoms with Crippen LogP contribution < -0.4 is 0 Å². The van der Waals surface area contributed by atoms with Crippen LogP contribution in [0, 0.1) is 17.2 Å². The number of aliphatic hydroxyl groups is 1. The van der Waals surface area contributed by atoms with Crippen LogP contribution in [0.3, 0.4) is 0 Å². The van der Waals surface area contributed by atoms with E-state index in [9.17, 15) is 28.7 Å². The number of thioether (sulfide) groups is 1. The van der Waals surface area contributed by atoms with E-state index in [2.05, 4.69) is 27.0 Å². The van der Waals surface area contributed by atoms with E-state index in [1.165, 1.54) is 17.7 Å². The fourth-order valence-electron chi connectivity index (χ4n) is 3.18. The SMILES string of the molecule is CCOC(=O)C(CO)CC(=O)C(F)(F)Sc1ncc(Br)n1-c1ccc(C#N)c2ccccc12. The molecule has 1 heterocycles. The number of carbonyl (C=O) groups is 2. The number of carbonyl (C=O) groups excluding carboxylic acids is 2. The number of nitriles is 1. The van der Waals surface area contributed by atoms with Crippen molar-refractivity contribution in [3.8, 4) is 11.8 Å². The highest BCUT2D eigenvalue weighted by Gasteiger charge is 2.43. The lowest BCUT2D eigenvalue weighted by atomic mass is 10.0. The molecule has 0 radical (unpaired) electrons. The maximum atomic E-state index is 14.9. The summed E-state index contributed by atoms with van der Waals surface area (Å²) in [5.74, 6) is -3.82. The average molecular weight is 538 g/mol. The Bertz CT molecular complexity index is 1240. The molecular formula is C22H18BrF2N3O4S. The fourth-order valence-corrected chi connectivity index (χ4v) is 4.58. The predicted molar refractivity (Wildman–Crippen MR) is 121 cm³/mol. The van der Waals surface area contributed by atoms with Gasteiger partial charge in [0.15, 0.2) is 5.16 Å². The van der Waals surface area contributed by atoms with E-state index in [1.54, 1.807) is 36.4 Å². The zero-order valence-electron chi connectivity index (χ0n) is 17.3. The van der Waals surface area contributed by atoms with Crippen molar-refractivity contribution in [2.24, 2.45) is 5.92 Å². The zero-order valence-corrected chi connectivity index (χ0v) is 19.7. The standard InChI is InChI=1S/C22H18BrF2N3O4S/c1-2-32-20(31)14(12-29)9-18(30)22(24,25)33-21-27-11-19(23)28(21)17-8-7-13(10-26)15-5-3-4-6-16(15)17/h3-8,11,14,29H,2,9,12H2,1H3. The van der Waals surface area contributed by atoms with Gasteiger partial charge in [0.25, 0.3) is 0 Å². The fraction of sp³-hybridized carbons (Fsp3) is 0.273. The number of benzene rings is 2. The minimum absolute atomic E-state index is 0.00131. The van der Waals surface area contributed by atoms with E-state index in [0.29, 0.717) is 26.6 Å². The monoisotopic (exact) mass is 537 g/mol. The van der Waals surface area contributed by atoms with Gasteiger partial charge in [-0.3, -0.25) is 14.2 Å². The van der Waals surface area contributed by atoms with Gasteiger partial charge in [0.05, 0.1) is 42.6 Å². The first-order valence-electron chi connectivity index (χ1n) is 9.76. The van der Waals surface area contributed by atoms with E-state index in [-0.39, 0.29) is 23.5 Å². The summed E-state index contributed by atoms with van der Waals surface area (Å²) in [6.07, 6.45) is 0.446. The van der Waals surface area contributed by atoms with Crippen molar-refractivity contribution in [1.29, 1.82) is 5.26 Å². The quantitative estimate of drug-likeness (QED) is 0.317. The van der Waals surface area contributed by atoms with Crippen LogP contribution in [0.15, 0.2) is 52.4 Å². The van der Waals surface area contributed by atoms with Gasteiger partial charge in [0.2, 0.25) is 5.78 Å². The van der Waals surface area contributed by atoms with E-state index in [4.69, 9.17) is 4.74 Å². The molecule has 11 heteroatoms. The molecule has 0 aliphatic heterocycles. The van der Waals surface area contributed by atoms with Gasteiger partial charge in [0, 0.05) is 17.2 Å². The average Bonchev–Trinajstić information content (AvgIpc) is 3.15. The highest BCUT2D eigenvalue weighted by atomic mass is 79.9. The minimum atomic E-state index is -3.93. The topological polar surface area (TPSA) is 105 Å². The Morgan fingerprint density at radius 2 is 2.00 bits per heavy atom. The number of fused-ring (bicyclic) bond motifs is 1. The molecule has 0 spiro atoms. The molecule has 33 heavy (non-hydrogen) atoms. The third-order valence-corrected chi connectivity index (χ3v) is 6.28. The zero-order chi connectivity index (χ0) is 24.2. The molecule has 7 nitrogen and oxygen atoms in total. The minimum Gasteiger partial charge on any atom is -0.466 e. The smallest absolute Gasteiger partial charge is 0.358 e. The van der Waals surface area contributed by atoms with Crippen LogP contribution in [-0.4, -0.2) is 44.9 Å². The molecule has 3 aromatic rings. The number of hydrogen-bond acceptors (Lipinski definition) is 7. The van der Waals surface area contributed by atoms with E-state index in [1.807, 2.05) is 0 Å². The molecule has 1 N–H and O–H groups in total. The maximum absolute atomic E-state index is 14.9. The van der Waals surface area contributed by atoms with Crippen molar-refractivity contribution in [2.75, 3.05) is 13.2 Å². The van der Waals surface area contributed by atoms with Crippen LogP contribution in [0.25, 0.3) is 16.5 Å². The van der Waals surface area contributed by atoms with Gasteiger partial charge in [0.1, 0.15) is 4.60 Å².